The van der Waals surface area contributed by atoms with Crippen molar-refractivity contribution in [2.75, 3.05) is 0 Å². The number of hydrogen-bond donors (Lipinski definition) is 0. The van der Waals surface area contributed by atoms with Crippen LogP contribution in [0, 0.1) is 6.92 Å². The van der Waals surface area contributed by atoms with Gasteiger partial charge in [0.05, 0.1) is 11.4 Å². The van der Waals surface area contributed by atoms with Crippen molar-refractivity contribution in [3.8, 4) is 0 Å². The number of thioether (sulfide) groups is 1. The van der Waals surface area contributed by atoms with Crippen LogP contribution in [0.1, 0.15) is 22.3 Å². The summed E-state index contributed by atoms with van der Waals surface area (Å²) in [5.41, 5.74) is 5.25. The first-order valence-corrected chi connectivity index (χ1v) is 12.7. The fraction of sp³-hybridized carbons (Fsp3) is 0.111. The SMILES string of the molecule is Cc1ccc(CN2C(=O)/C(=C/c3cn(Cc4ccc(Cl)cc4Cl)c4ccccc34)SC2=S)cc1. The van der Waals surface area contributed by atoms with Gasteiger partial charge in [-0.05, 0) is 42.3 Å². The number of amides is 1. The summed E-state index contributed by atoms with van der Waals surface area (Å²) in [4.78, 5) is 15.5. The standard InChI is InChI=1S/C27H20Cl2N2OS2/c1-17-6-8-18(9-7-17)14-31-26(32)25(34-27(31)33)12-20-16-30(24-5-3-2-4-22(20)24)15-19-10-11-21(28)13-23(19)29/h2-13,16H,14-15H2,1H3/b25-12-. The van der Waals surface area contributed by atoms with Crippen molar-refractivity contribution in [1.29, 1.82) is 0 Å². The molecule has 0 atom stereocenters. The van der Waals surface area contributed by atoms with Crippen molar-refractivity contribution in [1.82, 2.24) is 9.47 Å². The summed E-state index contributed by atoms with van der Waals surface area (Å²) in [5, 5.41) is 2.31. The Bertz CT molecular complexity index is 1460. The summed E-state index contributed by atoms with van der Waals surface area (Å²) in [7, 11) is 0. The van der Waals surface area contributed by atoms with Gasteiger partial charge >= 0.3 is 0 Å². The third-order valence-corrected chi connectivity index (χ3v) is 7.76. The van der Waals surface area contributed by atoms with E-state index >= 15 is 0 Å². The van der Waals surface area contributed by atoms with Crippen molar-refractivity contribution in [2.24, 2.45) is 0 Å². The summed E-state index contributed by atoms with van der Waals surface area (Å²) in [5.74, 6) is -0.0619. The molecule has 1 aliphatic rings. The predicted octanol–water partition coefficient (Wildman–Crippen LogP) is 7.71. The van der Waals surface area contributed by atoms with E-state index in [0.29, 0.717) is 32.4 Å². The van der Waals surface area contributed by atoms with E-state index in [-0.39, 0.29) is 5.91 Å². The largest absolute Gasteiger partial charge is 0.342 e. The van der Waals surface area contributed by atoms with Crippen LogP contribution in [0.4, 0.5) is 0 Å². The zero-order chi connectivity index (χ0) is 23.8. The highest BCUT2D eigenvalue weighted by Gasteiger charge is 2.32. The van der Waals surface area contributed by atoms with Crippen LogP contribution >= 0.6 is 47.2 Å². The normalized spacial score (nSPS) is 15.1. The van der Waals surface area contributed by atoms with Gasteiger partial charge in [-0.3, -0.25) is 9.69 Å². The lowest BCUT2D eigenvalue weighted by Crippen LogP contribution is -2.27. The van der Waals surface area contributed by atoms with Crippen LogP contribution in [0.15, 0.2) is 77.8 Å². The van der Waals surface area contributed by atoms with E-state index in [2.05, 4.69) is 22.9 Å². The lowest BCUT2D eigenvalue weighted by atomic mass is 10.1. The first-order chi connectivity index (χ1) is 16.4. The lowest BCUT2D eigenvalue weighted by Gasteiger charge is -2.14. The van der Waals surface area contributed by atoms with E-state index in [1.54, 1.807) is 11.0 Å². The molecule has 0 radical (unpaired) electrons. The molecule has 1 amide bonds. The highest BCUT2D eigenvalue weighted by Crippen LogP contribution is 2.35. The van der Waals surface area contributed by atoms with Crippen molar-refractivity contribution in [2.45, 2.75) is 20.0 Å². The minimum absolute atomic E-state index is 0.0619. The number of carbonyl (C=O) groups excluding carboxylic acids is 1. The Labute approximate surface area is 218 Å². The van der Waals surface area contributed by atoms with Gasteiger partial charge in [-0.1, -0.05) is 101 Å². The van der Waals surface area contributed by atoms with Crippen molar-refractivity contribution in [3.05, 3.63) is 110 Å². The number of aromatic nitrogens is 1. The van der Waals surface area contributed by atoms with E-state index < -0.39 is 0 Å². The molecule has 1 saturated heterocycles. The zero-order valence-electron chi connectivity index (χ0n) is 18.3. The maximum Gasteiger partial charge on any atom is 0.266 e. The lowest BCUT2D eigenvalue weighted by molar-refractivity contribution is -0.122. The minimum Gasteiger partial charge on any atom is -0.342 e. The molecule has 0 saturated carbocycles. The topological polar surface area (TPSA) is 25.2 Å². The monoisotopic (exact) mass is 522 g/mol. The van der Waals surface area contributed by atoms with Crippen LogP contribution in [0.3, 0.4) is 0 Å². The molecule has 0 bridgehead atoms. The Hall–Kier alpha value is -2.57. The molecule has 4 aromatic rings. The molecule has 1 aromatic heterocycles. The number of fused-ring (bicyclic) bond motifs is 1. The minimum atomic E-state index is -0.0619. The average molecular weight is 524 g/mol. The van der Waals surface area contributed by atoms with Gasteiger partial charge in [0.25, 0.3) is 5.91 Å². The third kappa shape index (κ3) is 4.66. The quantitative estimate of drug-likeness (QED) is 0.198. The summed E-state index contributed by atoms with van der Waals surface area (Å²) in [6.45, 7) is 3.11. The highest BCUT2D eigenvalue weighted by molar-refractivity contribution is 8.26. The fourth-order valence-corrected chi connectivity index (χ4v) is 5.72. The fourth-order valence-electron chi connectivity index (χ4n) is 4.01. The molecule has 1 aliphatic heterocycles. The van der Waals surface area contributed by atoms with Gasteiger partial charge in [-0.25, -0.2) is 0 Å². The number of nitrogens with zero attached hydrogens (tertiary/aromatic N) is 2. The number of hydrogen-bond acceptors (Lipinski definition) is 3. The predicted molar refractivity (Wildman–Crippen MR) is 147 cm³/mol. The summed E-state index contributed by atoms with van der Waals surface area (Å²) in [6, 6.07) is 21.8. The Morgan fingerprint density at radius 3 is 2.53 bits per heavy atom. The first-order valence-electron chi connectivity index (χ1n) is 10.7. The summed E-state index contributed by atoms with van der Waals surface area (Å²) >= 11 is 19.4. The van der Waals surface area contributed by atoms with Crippen LogP contribution in [0.25, 0.3) is 17.0 Å². The Kier molecular flexibility index (Phi) is 6.54. The molecule has 0 aliphatic carbocycles. The molecule has 34 heavy (non-hydrogen) atoms. The van der Waals surface area contributed by atoms with Gasteiger partial charge in [-0.15, -0.1) is 0 Å². The molecule has 0 N–H and O–H groups in total. The van der Waals surface area contributed by atoms with Gasteiger partial charge in [0, 0.05) is 39.3 Å². The van der Waals surface area contributed by atoms with Gasteiger partial charge < -0.3 is 4.57 Å². The molecule has 7 heteroatoms. The number of aryl methyl sites for hydroxylation is 1. The van der Waals surface area contributed by atoms with E-state index in [1.165, 1.54) is 17.3 Å². The van der Waals surface area contributed by atoms with E-state index in [4.69, 9.17) is 35.4 Å². The van der Waals surface area contributed by atoms with Gasteiger partial charge in [0.2, 0.25) is 0 Å². The molecule has 0 spiro atoms. The van der Waals surface area contributed by atoms with Crippen LogP contribution in [0.5, 0.6) is 0 Å². The molecule has 5 rings (SSSR count). The number of halogens is 2. The Morgan fingerprint density at radius 1 is 1.00 bits per heavy atom. The first kappa shape index (κ1) is 23.2. The average Bonchev–Trinajstić information content (AvgIpc) is 3.29. The molecular weight excluding hydrogens is 503 g/mol. The van der Waals surface area contributed by atoms with Crippen molar-refractivity contribution < 1.29 is 4.79 Å². The van der Waals surface area contributed by atoms with Crippen molar-refractivity contribution >= 4 is 74.4 Å². The Morgan fingerprint density at radius 2 is 1.76 bits per heavy atom. The van der Waals surface area contributed by atoms with E-state index in [9.17, 15) is 4.79 Å². The van der Waals surface area contributed by atoms with Gasteiger partial charge in [-0.2, -0.15) is 0 Å². The van der Waals surface area contributed by atoms with Gasteiger partial charge in [0.15, 0.2) is 0 Å². The second-order valence-electron chi connectivity index (χ2n) is 8.22. The molecule has 0 unspecified atom stereocenters. The maximum atomic E-state index is 13.2. The van der Waals surface area contributed by atoms with Gasteiger partial charge in [0.1, 0.15) is 4.32 Å². The number of carbonyl (C=O) groups is 1. The molecular formula is C27H20Cl2N2OS2. The Balaban J connectivity index is 1.46. The number of para-hydroxylation sites is 1. The number of benzene rings is 3. The number of thiocarbonyl (C=S) groups is 1. The maximum absolute atomic E-state index is 13.2. The van der Waals surface area contributed by atoms with E-state index in [1.807, 2.05) is 61.5 Å². The molecule has 3 nitrogen and oxygen atoms in total. The molecule has 2 heterocycles. The van der Waals surface area contributed by atoms with Crippen LogP contribution in [0.2, 0.25) is 10.0 Å². The van der Waals surface area contributed by atoms with E-state index in [0.717, 1.165) is 27.6 Å². The highest BCUT2D eigenvalue weighted by atomic mass is 35.5. The van der Waals surface area contributed by atoms with Crippen LogP contribution < -0.4 is 0 Å². The third-order valence-electron chi connectivity index (χ3n) is 5.80. The van der Waals surface area contributed by atoms with Crippen LogP contribution in [-0.4, -0.2) is 19.7 Å². The summed E-state index contributed by atoms with van der Waals surface area (Å²) in [6.07, 6.45) is 4.00. The second-order valence-corrected chi connectivity index (χ2v) is 10.7. The molecule has 3 aromatic carbocycles. The van der Waals surface area contributed by atoms with Crippen LogP contribution in [-0.2, 0) is 17.9 Å². The summed E-state index contributed by atoms with van der Waals surface area (Å²) < 4.78 is 2.72. The van der Waals surface area contributed by atoms with Crippen molar-refractivity contribution in [3.63, 3.8) is 0 Å². The smallest absolute Gasteiger partial charge is 0.266 e. The molecule has 1 fully saturated rings. The molecule has 170 valence electrons. The second kappa shape index (κ2) is 9.59. The zero-order valence-corrected chi connectivity index (χ0v) is 21.4. The number of rotatable bonds is 5.